The molecule has 4 rings (SSSR count). The van der Waals surface area contributed by atoms with Gasteiger partial charge in [-0.05, 0) is 47.9 Å². The highest BCUT2D eigenvalue weighted by molar-refractivity contribution is 9.10. The van der Waals surface area contributed by atoms with E-state index in [1.165, 1.54) is 0 Å². The van der Waals surface area contributed by atoms with Crippen LogP contribution >= 0.6 is 15.9 Å². The molecule has 0 unspecified atom stereocenters. The molecule has 4 nitrogen and oxygen atoms in total. The van der Waals surface area contributed by atoms with Gasteiger partial charge in [0.1, 0.15) is 5.75 Å². The first-order valence-corrected chi connectivity index (χ1v) is 10.5. The van der Waals surface area contributed by atoms with Crippen molar-refractivity contribution in [3.05, 3.63) is 105 Å². The number of benzene rings is 3. The minimum Gasteiger partial charge on any atom is -0.503 e. The normalized spacial score (nSPS) is 16.3. The van der Waals surface area contributed by atoms with Crippen LogP contribution in [0.4, 0.5) is 0 Å². The summed E-state index contributed by atoms with van der Waals surface area (Å²) in [6, 6.07) is 23.0. The monoisotopic (exact) mass is 463 g/mol. The number of amides is 1. The van der Waals surface area contributed by atoms with Gasteiger partial charge in [0.05, 0.1) is 13.2 Å². The first-order chi connectivity index (χ1) is 14.5. The van der Waals surface area contributed by atoms with Gasteiger partial charge in [-0.3, -0.25) is 4.79 Å². The number of rotatable bonds is 5. The molecule has 5 heteroatoms. The minimum absolute atomic E-state index is 0.208. The van der Waals surface area contributed by atoms with Crippen molar-refractivity contribution < 1.29 is 14.6 Å². The molecule has 1 aliphatic rings. The van der Waals surface area contributed by atoms with Crippen molar-refractivity contribution in [3.8, 4) is 5.75 Å². The fraction of sp³-hybridized carbons (Fsp3) is 0.160. The zero-order chi connectivity index (χ0) is 21.3. The number of carbonyl (C=O) groups is 1. The molecule has 1 atom stereocenters. The molecule has 3 aromatic rings. The van der Waals surface area contributed by atoms with E-state index in [0.29, 0.717) is 12.1 Å². The molecule has 0 aliphatic carbocycles. The lowest BCUT2D eigenvalue weighted by Gasteiger charge is -2.27. The summed E-state index contributed by atoms with van der Waals surface area (Å²) in [4.78, 5) is 14.8. The predicted molar refractivity (Wildman–Crippen MR) is 121 cm³/mol. The van der Waals surface area contributed by atoms with E-state index < -0.39 is 0 Å². The Labute approximate surface area is 184 Å². The zero-order valence-corrected chi connectivity index (χ0v) is 18.4. The van der Waals surface area contributed by atoms with Gasteiger partial charge in [-0.25, -0.2) is 0 Å². The van der Waals surface area contributed by atoms with Crippen LogP contribution in [-0.4, -0.2) is 23.0 Å². The highest BCUT2D eigenvalue weighted by Gasteiger charge is 2.40. The third-order valence-corrected chi connectivity index (χ3v) is 5.89. The average molecular weight is 464 g/mol. The summed E-state index contributed by atoms with van der Waals surface area (Å²) in [6.07, 6.45) is 0. The van der Waals surface area contributed by atoms with E-state index in [1.807, 2.05) is 79.7 Å². The van der Waals surface area contributed by atoms with Gasteiger partial charge < -0.3 is 14.7 Å². The van der Waals surface area contributed by atoms with Crippen molar-refractivity contribution in [1.82, 2.24) is 4.90 Å². The quantitative estimate of drug-likeness (QED) is 0.518. The number of hydrogen-bond donors (Lipinski definition) is 1. The molecule has 1 aliphatic heterocycles. The van der Waals surface area contributed by atoms with Crippen LogP contribution in [0.5, 0.6) is 5.75 Å². The smallest absolute Gasteiger partial charge is 0.290 e. The van der Waals surface area contributed by atoms with Gasteiger partial charge in [0.25, 0.3) is 5.91 Å². The molecule has 0 bridgehead atoms. The summed E-state index contributed by atoms with van der Waals surface area (Å²) in [6.45, 7) is 2.44. The zero-order valence-electron chi connectivity index (χ0n) is 16.8. The largest absolute Gasteiger partial charge is 0.503 e. The standard InChI is InChI=1S/C25H22BrNO3/c1-16-3-5-17(6-4-16)15-27-23(19-7-11-20(26)12-8-19)22(24(28)25(27)29)18-9-13-21(30-2)14-10-18/h3-14,23,28H,15H2,1-2H3/t23-/m0/s1. The molecule has 1 amide bonds. The van der Waals surface area contributed by atoms with Crippen molar-refractivity contribution >= 4 is 27.4 Å². The maximum atomic E-state index is 13.1. The Kier molecular flexibility index (Phi) is 5.64. The van der Waals surface area contributed by atoms with E-state index in [9.17, 15) is 9.90 Å². The Morgan fingerprint density at radius 3 is 2.20 bits per heavy atom. The maximum Gasteiger partial charge on any atom is 0.290 e. The lowest BCUT2D eigenvalue weighted by molar-refractivity contribution is -0.130. The first-order valence-electron chi connectivity index (χ1n) is 9.67. The van der Waals surface area contributed by atoms with Crippen LogP contribution in [0, 0.1) is 6.92 Å². The van der Waals surface area contributed by atoms with E-state index >= 15 is 0 Å². The van der Waals surface area contributed by atoms with Crippen molar-refractivity contribution in [2.75, 3.05) is 7.11 Å². The van der Waals surface area contributed by atoms with Crippen molar-refractivity contribution in [3.63, 3.8) is 0 Å². The second kappa shape index (κ2) is 8.36. The number of aliphatic hydroxyl groups excluding tert-OH is 1. The van der Waals surface area contributed by atoms with E-state index in [2.05, 4.69) is 15.9 Å². The number of aliphatic hydroxyl groups is 1. The number of ether oxygens (including phenoxy) is 1. The summed E-state index contributed by atoms with van der Waals surface area (Å²) in [5, 5.41) is 10.9. The molecule has 0 radical (unpaired) electrons. The molecule has 0 fully saturated rings. The topological polar surface area (TPSA) is 49.8 Å². The predicted octanol–water partition coefficient (Wildman–Crippen LogP) is 5.82. The average Bonchev–Trinajstić information content (AvgIpc) is 3.01. The minimum atomic E-state index is -0.389. The van der Waals surface area contributed by atoms with Gasteiger partial charge in [0, 0.05) is 16.6 Å². The molecular formula is C25H22BrNO3. The van der Waals surface area contributed by atoms with E-state index in [-0.39, 0.29) is 17.7 Å². The molecule has 0 spiro atoms. The number of halogens is 1. The molecule has 152 valence electrons. The van der Waals surface area contributed by atoms with Gasteiger partial charge in [0.15, 0.2) is 5.76 Å². The fourth-order valence-corrected chi connectivity index (χ4v) is 4.03. The van der Waals surface area contributed by atoms with Crippen LogP contribution < -0.4 is 4.74 Å². The highest BCUT2D eigenvalue weighted by Crippen LogP contribution is 2.44. The Bertz CT molecular complexity index is 1090. The molecule has 0 aromatic heterocycles. The van der Waals surface area contributed by atoms with E-state index in [1.54, 1.807) is 12.0 Å². The van der Waals surface area contributed by atoms with Gasteiger partial charge in [-0.1, -0.05) is 70.0 Å². The van der Waals surface area contributed by atoms with Crippen LogP contribution in [0.25, 0.3) is 5.57 Å². The Balaban J connectivity index is 1.79. The van der Waals surface area contributed by atoms with Crippen LogP contribution in [0.3, 0.4) is 0 Å². The van der Waals surface area contributed by atoms with E-state index in [4.69, 9.17) is 4.74 Å². The molecule has 30 heavy (non-hydrogen) atoms. The second-order valence-corrected chi connectivity index (χ2v) is 8.28. The van der Waals surface area contributed by atoms with Gasteiger partial charge in [-0.15, -0.1) is 0 Å². The summed E-state index contributed by atoms with van der Waals surface area (Å²) < 4.78 is 6.21. The molecule has 0 saturated heterocycles. The van der Waals surface area contributed by atoms with Gasteiger partial charge in [0.2, 0.25) is 0 Å². The highest BCUT2D eigenvalue weighted by atomic mass is 79.9. The third-order valence-electron chi connectivity index (χ3n) is 5.36. The summed E-state index contributed by atoms with van der Waals surface area (Å²) in [5.41, 5.74) is 4.52. The molecular weight excluding hydrogens is 442 g/mol. The van der Waals surface area contributed by atoms with Crippen molar-refractivity contribution in [1.29, 1.82) is 0 Å². The van der Waals surface area contributed by atoms with Crippen LogP contribution in [0.1, 0.15) is 28.3 Å². The number of hydrogen-bond acceptors (Lipinski definition) is 3. The summed E-state index contributed by atoms with van der Waals surface area (Å²) >= 11 is 3.47. The number of nitrogens with zero attached hydrogens (tertiary/aromatic N) is 1. The Morgan fingerprint density at radius 1 is 0.967 bits per heavy atom. The Morgan fingerprint density at radius 2 is 1.60 bits per heavy atom. The lowest BCUT2D eigenvalue weighted by atomic mass is 9.93. The summed E-state index contributed by atoms with van der Waals surface area (Å²) in [7, 11) is 1.61. The Hall–Kier alpha value is -3.05. The van der Waals surface area contributed by atoms with Crippen LogP contribution in [-0.2, 0) is 11.3 Å². The first kappa shape index (κ1) is 20.2. The number of carbonyl (C=O) groups excluding carboxylic acids is 1. The number of methoxy groups -OCH3 is 1. The van der Waals surface area contributed by atoms with Crippen molar-refractivity contribution in [2.45, 2.75) is 19.5 Å². The summed E-state index contributed by atoms with van der Waals surface area (Å²) in [5.74, 6) is 0.148. The van der Waals surface area contributed by atoms with Crippen LogP contribution in [0.2, 0.25) is 0 Å². The molecule has 0 saturated carbocycles. The molecule has 3 aromatic carbocycles. The maximum absolute atomic E-state index is 13.1. The molecule has 1 heterocycles. The number of aryl methyl sites for hydroxylation is 1. The van der Waals surface area contributed by atoms with Gasteiger partial charge >= 0.3 is 0 Å². The van der Waals surface area contributed by atoms with Crippen molar-refractivity contribution in [2.24, 2.45) is 0 Å². The second-order valence-electron chi connectivity index (χ2n) is 7.36. The third kappa shape index (κ3) is 3.85. The SMILES string of the molecule is COc1ccc(C2=C(O)C(=O)N(Cc3ccc(C)cc3)[C@H]2c2ccc(Br)cc2)cc1. The van der Waals surface area contributed by atoms with E-state index in [0.717, 1.165) is 32.5 Å². The molecule has 1 N–H and O–H groups in total. The lowest BCUT2D eigenvalue weighted by Crippen LogP contribution is -2.29. The van der Waals surface area contributed by atoms with Gasteiger partial charge in [-0.2, -0.15) is 0 Å². The van der Waals surface area contributed by atoms with Crippen LogP contribution in [0.15, 0.2) is 83.0 Å². The fourth-order valence-electron chi connectivity index (χ4n) is 3.76.